The number of nitrogens with one attached hydrogen (secondary N) is 7. The summed E-state index contributed by atoms with van der Waals surface area (Å²) in [6.45, 7) is 5.49. The van der Waals surface area contributed by atoms with Gasteiger partial charge in [0, 0.05) is 74.2 Å². The lowest BCUT2D eigenvalue weighted by Crippen LogP contribution is -2.47. The molecule has 0 radical (unpaired) electrons. The van der Waals surface area contributed by atoms with E-state index in [1.807, 2.05) is 53.0 Å². The van der Waals surface area contributed by atoms with Crippen LogP contribution in [0.25, 0.3) is 5.69 Å². The van der Waals surface area contributed by atoms with Crippen molar-refractivity contribution in [2.45, 2.75) is 31.9 Å². The number of halogens is 2. The molecule has 73 heavy (non-hydrogen) atoms. The first-order valence-corrected chi connectivity index (χ1v) is 23.4. The van der Waals surface area contributed by atoms with E-state index in [1.165, 1.54) is 12.3 Å². The molecule has 0 bridgehead atoms. The lowest BCUT2D eigenvalue weighted by molar-refractivity contribution is 0.0307. The summed E-state index contributed by atoms with van der Waals surface area (Å²) in [5.41, 5.74) is 19.1. The van der Waals surface area contributed by atoms with Crippen LogP contribution in [-0.2, 0) is 9.47 Å². The molecule has 23 nitrogen and oxygen atoms in total. The van der Waals surface area contributed by atoms with E-state index < -0.39 is 23.4 Å². The third-order valence-electron chi connectivity index (χ3n) is 12.0. The molecule has 3 aliphatic rings. The zero-order chi connectivity index (χ0) is 50.3. The molecule has 8 heterocycles. The number of carbonyl (C=O) groups excluding carboxylic acids is 2. The summed E-state index contributed by atoms with van der Waals surface area (Å²) >= 11 is 0. The molecule has 10 rings (SSSR count). The Morgan fingerprint density at radius 1 is 0.726 bits per heavy atom. The van der Waals surface area contributed by atoms with E-state index in [9.17, 15) is 19.1 Å². The Bertz CT molecular complexity index is 3070. The third kappa shape index (κ3) is 11.7. The summed E-state index contributed by atoms with van der Waals surface area (Å²) < 4.78 is 43.3. The maximum atomic E-state index is 15.4. The van der Waals surface area contributed by atoms with Crippen molar-refractivity contribution in [1.82, 2.24) is 55.7 Å². The number of morpholine rings is 2. The van der Waals surface area contributed by atoms with Crippen molar-refractivity contribution < 1.29 is 33.0 Å². The van der Waals surface area contributed by atoms with Gasteiger partial charge in [-0.1, -0.05) is 6.07 Å². The van der Waals surface area contributed by atoms with Crippen LogP contribution in [0.3, 0.4) is 0 Å². The van der Waals surface area contributed by atoms with Crippen molar-refractivity contribution in [3.8, 4) is 11.4 Å². The Morgan fingerprint density at radius 3 is 2.01 bits per heavy atom. The number of aromatic hydroxyl groups is 1. The predicted molar refractivity (Wildman–Crippen MR) is 266 cm³/mol. The smallest absolute Gasteiger partial charge is 0.288 e. The summed E-state index contributed by atoms with van der Waals surface area (Å²) in [7, 11) is 0. The number of pyridine rings is 2. The number of imidazole rings is 1. The third-order valence-corrected chi connectivity index (χ3v) is 12.0. The molecule has 7 aromatic rings. The lowest BCUT2D eigenvalue weighted by Gasteiger charge is -2.36. The number of hydrogen-bond donors (Lipinski definition) is 8. The fourth-order valence-corrected chi connectivity index (χ4v) is 8.55. The summed E-state index contributed by atoms with van der Waals surface area (Å²) in [4.78, 5) is 58.9. The maximum absolute atomic E-state index is 15.4. The fraction of sp³-hybridized carbons (Fsp3) is 0.271. The highest BCUT2D eigenvalue weighted by Crippen LogP contribution is 2.33. The van der Waals surface area contributed by atoms with Gasteiger partial charge in [0.1, 0.15) is 17.1 Å². The van der Waals surface area contributed by atoms with Gasteiger partial charge >= 0.3 is 0 Å². The van der Waals surface area contributed by atoms with Crippen LogP contribution in [0, 0.1) is 18.6 Å². The van der Waals surface area contributed by atoms with E-state index in [2.05, 4.69) is 72.7 Å². The molecule has 8 N–H and O–H groups in total. The summed E-state index contributed by atoms with van der Waals surface area (Å²) in [5, 5.41) is 19.3. The average Bonchev–Trinajstić information content (AvgIpc) is 4.07. The van der Waals surface area contributed by atoms with E-state index in [0.717, 1.165) is 35.9 Å². The van der Waals surface area contributed by atoms with Gasteiger partial charge in [0.2, 0.25) is 11.9 Å². The average molecular weight is 997 g/mol. The Balaban J connectivity index is 0.712. The molecule has 3 aliphatic heterocycles. The SMILES string of the molecule is Cc1cn(-c2cccc(Nc3ccc(C(=O)NNc4ncc(F)c(N5CCOC(CC6CCNN6c6cc(O)cc(Nc7ccc(C(=O)NNc8ncc(F)c(N9CCOCC9)n8)nc7)c6)C5)n4)nc3)c2)cn1. The van der Waals surface area contributed by atoms with Crippen LogP contribution < -0.4 is 52.6 Å². The molecular weight excluding hydrogens is 947 g/mol. The number of hydrazine groups is 3. The van der Waals surface area contributed by atoms with Crippen LogP contribution in [0.4, 0.5) is 60.8 Å². The largest absolute Gasteiger partial charge is 0.508 e. The lowest BCUT2D eigenvalue weighted by atomic mass is 10.0. The van der Waals surface area contributed by atoms with Gasteiger partial charge in [-0.2, -0.15) is 9.97 Å². The van der Waals surface area contributed by atoms with Crippen molar-refractivity contribution >= 4 is 63.8 Å². The van der Waals surface area contributed by atoms with Crippen LogP contribution in [0.1, 0.15) is 39.5 Å². The quantitative estimate of drug-likeness (QED) is 0.0608. The van der Waals surface area contributed by atoms with E-state index in [4.69, 9.17) is 9.47 Å². The van der Waals surface area contributed by atoms with Crippen molar-refractivity contribution in [2.75, 3.05) is 88.8 Å². The van der Waals surface area contributed by atoms with E-state index in [1.54, 1.807) is 52.7 Å². The van der Waals surface area contributed by atoms with E-state index in [-0.39, 0.29) is 52.8 Å². The molecule has 376 valence electrons. The minimum atomic E-state index is -0.627. The minimum Gasteiger partial charge on any atom is -0.508 e. The standard InChI is InChI=1S/C48H50F2N18O5/c1-29-26-67(28-55-29)34-4-2-3-30(17-34)57-31-5-7-41(51-22-31)45(70)62-64-48-54-25-40(50)44(60-48)66-13-16-73-38(27-66)21-35-9-10-56-68(35)36-18-33(19-37(69)20-36)58-32-6-8-42(52-23-32)46(71)61-63-47-53-24-39(49)43(59-47)65-11-14-72-15-12-65/h2-8,17-20,22-26,28,35,38,56-58,69H,9-16,21,27H2,1H3,(H,61,71)(H,62,70)(H,53,59,63)(H,54,60,64). The first-order valence-electron chi connectivity index (χ1n) is 23.4. The van der Waals surface area contributed by atoms with E-state index >= 15 is 4.39 Å². The summed E-state index contributed by atoms with van der Waals surface area (Å²) in [6, 6.07) is 19.3. The number of rotatable bonds is 16. The second-order valence-corrected chi connectivity index (χ2v) is 17.2. The number of aromatic nitrogens is 8. The molecule has 3 fully saturated rings. The number of anilines is 9. The normalized spacial score (nSPS) is 16.7. The first-order chi connectivity index (χ1) is 35.6. The Labute approximate surface area is 416 Å². The van der Waals surface area contributed by atoms with Gasteiger partial charge < -0.3 is 44.6 Å². The van der Waals surface area contributed by atoms with Crippen molar-refractivity contribution in [3.05, 3.63) is 133 Å². The van der Waals surface area contributed by atoms with Gasteiger partial charge in [0.25, 0.3) is 11.8 Å². The molecule has 3 saturated heterocycles. The highest BCUT2D eigenvalue weighted by atomic mass is 19.1. The molecule has 2 amide bonds. The first kappa shape index (κ1) is 47.8. The number of nitrogens with zero attached hydrogens (tertiary/aromatic N) is 11. The second kappa shape index (κ2) is 21.7. The maximum Gasteiger partial charge on any atom is 0.288 e. The number of phenolic OH excluding ortho intramolecular Hbond substituents is 1. The molecule has 0 aliphatic carbocycles. The van der Waals surface area contributed by atoms with Gasteiger partial charge in [0.15, 0.2) is 23.3 Å². The molecule has 0 saturated carbocycles. The zero-order valence-electron chi connectivity index (χ0n) is 39.3. The van der Waals surface area contributed by atoms with Gasteiger partial charge in [-0.15, -0.1) is 0 Å². The molecule has 0 spiro atoms. The highest BCUT2D eigenvalue weighted by molar-refractivity contribution is 5.93. The van der Waals surface area contributed by atoms with E-state index in [0.29, 0.717) is 81.7 Å². The van der Waals surface area contributed by atoms with Crippen LogP contribution in [0.5, 0.6) is 5.75 Å². The minimum absolute atomic E-state index is 0.00862. The molecule has 5 aromatic heterocycles. The Hall–Kier alpha value is -8.81. The Morgan fingerprint density at radius 2 is 1.37 bits per heavy atom. The summed E-state index contributed by atoms with van der Waals surface area (Å²) in [5.74, 6) is -2.14. The fourth-order valence-electron chi connectivity index (χ4n) is 8.55. The van der Waals surface area contributed by atoms with Crippen molar-refractivity contribution in [2.24, 2.45) is 0 Å². The molecule has 25 heteroatoms. The second-order valence-electron chi connectivity index (χ2n) is 17.2. The van der Waals surface area contributed by atoms with Crippen molar-refractivity contribution in [3.63, 3.8) is 0 Å². The predicted octanol–water partition coefficient (Wildman–Crippen LogP) is 4.75. The van der Waals surface area contributed by atoms with Crippen LogP contribution >= 0.6 is 0 Å². The topological polar surface area (TPSA) is 262 Å². The Kier molecular flexibility index (Phi) is 14.2. The molecule has 2 atom stereocenters. The van der Waals surface area contributed by atoms with Crippen LogP contribution in [-0.4, -0.2) is 121 Å². The number of hydrogen-bond acceptors (Lipinski definition) is 20. The molecule has 2 aromatic carbocycles. The number of amides is 2. The number of phenols is 1. The monoisotopic (exact) mass is 996 g/mol. The molecule has 2 unspecified atom stereocenters. The number of carbonyl (C=O) groups is 2. The van der Waals surface area contributed by atoms with Gasteiger partial charge in [-0.3, -0.25) is 31.3 Å². The van der Waals surface area contributed by atoms with Gasteiger partial charge in [-0.25, -0.2) is 39.1 Å². The number of benzene rings is 2. The molecular formula is C48H50F2N18O5. The highest BCUT2D eigenvalue weighted by Gasteiger charge is 2.32. The number of ether oxygens (including phenoxy) is 2. The van der Waals surface area contributed by atoms with Gasteiger partial charge in [0.05, 0.1) is 79.8 Å². The number of aryl methyl sites for hydroxylation is 1. The van der Waals surface area contributed by atoms with Crippen LogP contribution in [0.15, 0.2) is 104 Å². The summed E-state index contributed by atoms with van der Waals surface area (Å²) in [6.07, 6.45) is 9.83. The zero-order valence-corrected chi connectivity index (χ0v) is 39.3. The van der Waals surface area contributed by atoms with Crippen LogP contribution in [0.2, 0.25) is 0 Å². The van der Waals surface area contributed by atoms with Gasteiger partial charge in [-0.05, 0) is 68.3 Å². The van der Waals surface area contributed by atoms with Crippen molar-refractivity contribution in [1.29, 1.82) is 0 Å².